The number of aromatic nitrogens is 2. The second-order valence-corrected chi connectivity index (χ2v) is 6.59. The third-order valence-electron chi connectivity index (χ3n) is 4.02. The van der Waals surface area contributed by atoms with E-state index in [0.717, 1.165) is 22.5 Å². The molecule has 0 aliphatic carbocycles. The summed E-state index contributed by atoms with van der Waals surface area (Å²) in [4.78, 5) is 18.8. The number of pyridine rings is 2. The maximum absolute atomic E-state index is 10.4. The van der Waals surface area contributed by atoms with Crippen molar-refractivity contribution < 1.29 is 30.0 Å². The van der Waals surface area contributed by atoms with E-state index in [4.69, 9.17) is 5.11 Å². The van der Waals surface area contributed by atoms with Crippen molar-refractivity contribution >= 4 is 5.78 Å². The zero-order valence-electron chi connectivity index (χ0n) is 18.6. The molecule has 2 aromatic heterocycles. The van der Waals surface area contributed by atoms with Crippen molar-refractivity contribution in [2.24, 2.45) is 0 Å². The molecular weight excluding hydrogens is 589 g/mol. The molecule has 2 aromatic carbocycles. The Balaban J connectivity index is 0.000000250. The fraction of sp³-hybridized carbons (Fsp3) is 0.107. The molecule has 0 bridgehead atoms. The summed E-state index contributed by atoms with van der Waals surface area (Å²) in [6.07, 6.45) is 5.25. The zero-order chi connectivity index (χ0) is 23.0. The van der Waals surface area contributed by atoms with Crippen molar-refractivity contribution in [2.45, 2.75) is 20.3 Å². The molecule has 33 heavy (non-hydrogen) atoms. The first-order valence-electron chi connectivity index (χ1n) is 10.3. The van der Waals surface area contributed by atoms with Gasteiger partial charge in [-0.05, 0) is 30.4 Å². The predicted molar refractivity (Wildman–Crippen MR) is 129 cm³/mol. The maximum Gasteiger partial charge on any atom is 0.158 e. The van der Waals surface area contributed by atoms with E-state index >= 15 is 0 Å². The number of hydrogen-bond acceptors (Lipinski definition) is 4. The first-order chi connectivity index (χ1) is 15.6. The Hall–Kier alpha value is -3.40. The van der Waals surface area contributed by atoms with Crippen LogP contribution in [-0.4, -0.2) is 20.9 Å². The first kappa shape index (κ1) is 27.6. The van der Waals surface area contributed by atoms with Crippen LogP contribution in [0.2, 0.25) is 0 Å². The van der Waals surface area contributed by atoms with Gasteiger partial charge in [-0.25, -0.2) is 0 Å². The van der Waals surface area contributed by atoms with Gasteiger partial charge in [0, 0.05) is 45.0 Å². The van der Waals surface area contributed by atoms with E-state index in [9.17, 15) is 4.79 Å². The number of rotatable bonds is 4. The van der Waals surface area contributed by atoms with Gasteiger partial charge in [0.15, 0.2) is 5.78 Å². The minimum Gasteiger partial charge on any atom is -0.512 e. The second kappa shape index (κ2) is 16.3. The quantitative estimate of drug-likeness (QED) is 0.162. The first-order valence-corrected chi connectivity index (χ1v) is 10.3. The van der Waals surface area contributed by atoms with Crippen LogP contribution in [-0.2, 0) is 24.9 Å². The van der Waals surface area contributed by atoms with Crippen LogP contribution in [0.4, 0.5) is 0 Å². The average molecular weight is 615 g/mol. The Kier molecular flexibility index (Phi) is 13.6. The maximum atomic E-state index is 10.4. The molecular formula is C28H26IrN2O2-2. The zero-order valence-corrected chi connectivity index (χ0v) is 21.0. The standard InChI is InChI=1S/2C11H8N.C6H10O2.Ir/c2*1-2-6-10(7-3-1)11-8-4-5-9-12-11;1-3-6(8)4-5(2)7;/h2*1-6,8-9H;4,7H,3H2,1-2H3;/q2*-1;;/b;;5-4-;. The van der Waals surface area contributed by atoms with Crippen LogP contribution >= 0.6 is 0 Å². The SMILES string of the molecule is CCC(=O)/C=C(/C)O.[Ir].[c-]1ccccc1-c1ccccn1.[c-]1ccccc1-c1ccccn1. The molecule has 1 N–H and O–H groups in total. The molecule has 4 rings (SSSR count). The second-order valence-electron chi connectivity index (χ2n) is 6.59. The molecule has 0 saturated heterocycles. The minimum atomic E-state index is -0.0370. The average Bonchev–Trinajstić information content (AvgIpc) is 2.86. The van der Waals surface area contributed by atoms with Crippen LogP contribution in [0.3, 0.4) is 0 Å². The number of carbonyl (C=O) groups excluding carboxylic acids is 1. The summed E-state index contributed by atoms with van der Waals surface area (Å²) in [7, 11) is 0. The van der Waals surface area contributed by atoms with E-state index in [0.29, 0.717) is 6.42 Å². The number of aliphatic hydroxyl groups excluding tert-OH is 1. The third kappa shape index (κ3) is 11.2. The predicted octanol–water partition coefficient (Wildman–Crippen LogP) is 6.52. The van der Waals surface area contributed by atoms with Crippen molar-refractivity contribution in [1.29, 1.82) is 0 Å². The molecule has 0 fully saturated rings. The van der Waals surface area contributed by atoms with Gasteiger partial charge in [-0.1, -0.05) is 31.2 Å². The molecule has 4 nitrogen and oxygen atoms in total. The van der Waals surface area contributed by atoms with Gasteiger partial charge in [-0.15, -0.1) is 71.8 Å². The molecule has 0 spiro atoms. The van der Waals surface area contributed by atoms with E-state index in [2.05, 4.69) is 22.1 Å². The molecule has 5 heteroatoms. The van der Waals surface area contributed by atoms with Gasteiger partial charge in [0.05, 0.1) is 5.76 Å². The topological polar surface area (TPSA) is 63.1 Å². The summed E-state index contributed by atoms with van der Waals surface area (Å²) >= 11 is 0. The van der Waals surface area contributed by atoms with Gasteiger partial charge < -0.3 is 15.1 Å². The Labute approximate surface area is 209 Å². The molecule has 4 aromatic rings. The summed E-state index contributed by atoms with van der Waals surface area (Å²) < 4.78 is 0. The van der Waals surface area contributed by atoms with Gasteiger partial charge in [-0.3, -0.25) is 4.79 Å². The number of nitrogens with zero attached hydrogens (tertiary/aromatic N) is 2. The summed E-state index contributed by atoms with van der Waals surface area (Å²) in [5.74, 6) is 0.0434. The number of ketones is 1. The normalized spacial score (nSPS) is 9.82. The van der Waals surface area contributed by atoms with Crippen molar-refractivity contribution in [2.75, 3.05) is 0 Å². The molecule has 0 atom stereocenters. The largest absolute Gasteiger partial charge is 0.512 e. The number of aliphatic hydroxyl groups is 1. The minimum absolute atomic E-state index is 0. The summed E-state index contributed by atoms with van der Waals surface area (Å²) in [5, 5.41) is 8.49. The van der Waals surface area contributed by atoms with Gasteiger partial charge in [0.1, 0.15) is 0 Å². The fourth-order valence-electron chi connectivity index (χ4n) is 2.48. The van der Waals surface area contributed by atoms with E-state index in [-0.39, 0.29) is 31.6 Å². The van der Waals surface area contributed by atoms with Crippen molar-refractivity contribution in [1.82, 2.24) is 9.97 Å². The monoisotopic (exact) mass is 615 g/mol. The molecule has 0 saturated carbocycles. The molecule has 171 valence electrons. The van der Waals surface area contributed by atoms with Gasteiger partial charge in [-0.2, -0.15) is 0 Å². The van der Waals surface area contributed by atoms with Crippen LogP contribution in [0.15, 0.2) is 109 Å². The van der Waals surface area contributed by atoms with Crippen molar-refractivity contribution in [3.63, 3.8) is 0 Å². The molecule has 0 aliphatic rings. The summed E-state index contributed by atoms with van der Waals surface area (Å²) in [5.41, 5.74) is 4.02. The van der Waals surface area contributed by atoms with Crippen molar-refractivity contribution in [3.8, 4) is 22.5 Å². The molecule has 0 unspecified atom stereocenters. The summed E-state index contributed by atoms with van der Waals surface area (Å²) in [6, 6.07) is 33.6. The molecule has 0 amide bonds. The number of allylic oxidation sites excluding steroid dienone is 2. The Morgan fingerprint density at radius 1 is 0.818 bits per heavy atom. The van der Waals surface area contributed by atoms with E-state index < -0.39 is 0 Å². The Bertz CT molecular complexity index is 918. The number of hydrogen-bond donors (Lipinski definition) is 1. The van der Waals surface area contributed by atoms with Crippen LogP contribution in [0, 0.1) is 12.1 Å². The van der Waals surface area contributed by atoms with Gasteiger partial charge in [0.2, 0.25) is 0 Å². The van der Waals surface area contributed by atoms with E-state index in [1.807, 2.05) is 84.9 Å². The Morgan fingerprint density at radius 2 is 1.27 bits per heavy atom. The fourth-order valence-corrected chi connectivity index (χ4v) is 2.48. The van der Waals surface area contributed by atoms with E-state index in [1.54, 1.807) is 19.3 Å². The molecule has 1 radical (unpaired) electrons. The van der Waals surface area contributed by atoms with Gasteiger partial charge >= 0.3 is 0 Å². The van der Waals surface area contributed by atoms with E-state index in [1.165, 1.54) is 13.0 Å². The van der Waals surface area contributed by atoms with Gasteiger partial charge in [0.25, 0.3) is 0 Å². The van der Waals surface area contributed by atoms with Crippen LogP contribution in [0.5, 0.6) is 0 Å². The molecule has 0 aliphatic heterocycles. The van der Waals surface area contributed by atoms with Crippen LogP contribution < -0.4 is 0 Å². The third-order valence-corrected chi connectivity index (χ3v) is 4.02. The number of carbonyl (C=O) groups is 1. The Morgan fingerprint density at radius 3 is 1.55 bits per heavy atom. The molecule has 2 heterocycles. The van der Waals surface area contributed by atoms with Crippen LogP contribution in [0.1, 0.15) is 20.3 Å². The summed E-state index contributed by atoms with van der Waals surface area (Å²) in [6.45, 7) is 3.23. The van der Waals surface area contributed by atoms with Crippen LogP contribution in [0.25, 0.3) is 22.5 Å². The smallest absolute Gasteiger partial charge is 0.158 e. The number of benzene rings is 2. The van der Waals surface area contributed by atoms with Crippen molar-refractivity contribution in [3.05, 3.63) is 121 Å².